The molecule has 1 aliphatic rings. The van der Waals surface area contributed by atoms with Gasteiger partial charge in [0, 0.05) is 18.2 Å². The predicted octanol–water partition coefficient (Wildman–Crippen LogP) is 4.45. The smallest absolute Gasteiger partial charge is 0.237 e. The van der Waals surface area contributed by atoms with Crippen molar-refractivity contribution in [2.24, 2.45) is 0 Å². The molecule has 1 aliphatic heterocycles. The van der Waals surface area contributed by atoms with Crippen LogP contribution >= 0.6 is 23.1 Å². The lowest BCUT2D eigenvalue weighted by atomic mass is 10.2. The number of carbonyl (C=O) groups is 2. The van der Waals surface area contributed by atoms with E-state index in [9.17, 15) is 9.59 Å². The maximum absolute atomic E-state index is 13.0. The zero-order valence-electron chi connectivity index (χ0n) is 16.6. The molecule has 30 heavy (non-hydrogen) atoms. The minimum Gasteiger partial charge on any atom is -0.330 e. The molecule has 1 atom stereocenters. The van der Waals surface area contributed by atoms with Crippen LogP contribution < -0.4 is 15.5 Å². The fourth-order valence-corrected chi connectivity index (χ4v) is 4.87. The van der Waals surface area contributed by atoms with Gasteiger partial charge in [-0.3, -0.25) is 9.59 Å². The number of amides is 2. The number of nitrogens with zero attached hydrogens (tertiary/aromatic N) is 3. The highest BCUT2D eigenvalue weighted by Crippen LogP contribution is 2.33. The molecule has 154 valence electrons. The highest BCUT2D eigenvalue weighted by Gasteiger charge is 2.29. The molecule has 9 heteroatoms. The average Bonchev–Trinajstić information content (AvgIpc) is 3.11. The van der Waals surface area contributed by atoms with Crippen molar-refractivity contribution in [2.75, 3.05) is 21.3 Å². The van der Waals surface area contributed by atoms with Gasteiger partial charge in [-0.05, 0) is 38.1 Å². The number of hydrogen-bond donors (Lipinski definition) is 2. The van der Waals surface area contributed by atoms with Gasteiger partial charge in [0.1, 0.15) is 0 Å². The number of hydrogen-bond acceptors (Lipinski definition) is 7. The molecule has 2 aromatic carbocycles. The van der Waals surface area contributed by atoms with E-state index in [1.807, 2.05) is 62.4 Å². The second-order valence-corrected chi connectivity index (χ2v) is 9.24. The first-order valence-corrected chi connectivity index (χ1v) is 11.3. The van der Waals surface area contributed by atoms with Gasteiger partial charge in [0.15, 0.2) is 4.34 Å². The Morgan fingerprint density at radius 2 is 2.00 bits per heavy atom. The molecule has 3 aromatic rings. The normalized spacial score (nSPS) is 15.9. The number of benzene rings is 2. The van der Waals surface area contributed by atoms with Crippen LogP contribution in [0.4, 0.5) is 22.2 Å². The molecule has 0 aliphatic carbocycles. The number of aromatic nitrogens is 2. The Kier molecular flexibility index (Phi) is 6.01. The van der Waals surface area contributed by atoms with E-state index in [1.54, 1.807) is 4.90 Å². The summed E-state index contributed by atoms with van der Waals surface area (Å²) in [6.07, 6.45) is 0.258. The summed E-state index contributed by atoms with van der Waals surface area (Å²) in [4.78, 5) is 26.8. The van der Waals surface area contributed by atoms with Gasteiger partial charge in [0.05, 0.1) is 17.1 Å². The molecular weight excluding hydrogens is 418 g/mol. The highest BCUT2D eigenvalue weighted by atomic mass is 32.2. The first-order valence-electron chi connectivity index (χ1n) is 9.50. The van der Waals surface area contributed by atoms with Crippen molar-refractivity contribution in [3.05, 3.63) is 54.1 Å². The Morgan fingerprint density at radius 1 is 1.23 bits per heavy atom. The standard InChI is InChI=1S/C21H21N5O2S2/c1-13-7-9-15(10-8-13)22-20-24-25-21(30-20)29-12-19(28)26-14(2)11-18(27)23-16-5-3-4-6-17(16)26/h3-10,14H,11-12H2,1-2H3,(H,22,24)(H,23,27). The third-order valence-electron chi connectivity index (χ3n) is 4.66. The Balaban J connectivity index is 1.43. The molecule has 7 nitrogen and oxygen atoms in total. The van der Waals surface area contributed by atoms with Crippen molar-refractivity contribution in [2.45, 2.75) is 30.6 Å². The molecule has 0 bridgehead atoms. The largest absolute Gasteiger partial charge is 0.330 e. The van der Waals surface area contributed by atoms with Gasteiger partial charge >= 0.3 is 0 Å². The highest BCUT2D eigenvalue weighted by molar-refractivity contribution is 8.01. The Labute approximate surface area is 182 Å². The second kappa shape index (κ2) is 8.85. The van der Waals surface area contributed by atoms with E-state index in [1.165, 1.54) is 28.7 Å². The predicted molar refractivity (Wildman–Crippen MR) is 122 cm³/mol. The van der Waals surface area contributed by atoms with Crippen molar-refractivity contribution < 1.29 is 9.59 Å². The zero-order valence-corrected chi connectivity index (χ0v) is 18.2. The lowest BCUT2D eigenvalue weighted by Crippen LogP contribution is -2.40. The van der Waals surface area contributed by atoms with Gasteiger partial charge in [-0.15, -0.1) is 10.2 Å². The fourth-order valence-electron chi connectivity index (χ4n) is 3.24. The summed E-state index contributed by atoms with van der Waals surface area (Å²) >= 11 is 2.75. The van der Waals surface area contributed by atoms with Crippen LogP contribution in [-0.4, -0.2) is 33.8 Å². The van der Waals surface area contributed by atoms with E-state index in [4.69, 9.17) is 0 Å². The average molecular weight is 440 g/mol. The van der Waals surface area contributed by atoms with E-state index >= 15 is 0 Å². The summed E-state index contributed by atoms with van der Waals surface area (Å²) in [5.41, 5.74) is 3.51. The van der Waals surface area contributed by atoms with E-state index < -0.39 is 0 Å². The Bertz CT molecular complexity index is 1070. The van der Waals surface area contributed by atoms with Crippen molar-refractivity contribution >= 4 is 57.1 Å². The quantitative estimate of drug-likeness (QED) is 0.571. The summed E-state index contributed by atoms with van der Waals surface area (Å²) in [6.45, 7) is 3.93. The van der Waals surface area contributed by atoms with Crippen molar-refractivity contribution in [1.29, 1.82) is 0 Å². The van der Waals surface area contributed by atoms with Gasteiger partial charge in [-0.1, -0.05) is 52.9 Å². The van der Waals surface area contributed by atoms with E-state index in [-0.39, 0.29) is 30.0 Å². The Morgan fingerprint density at radius 3 is 2.80 bits per heavy atom. The SMILES string of the molecule is Cc1ccc(Nc2nnc(SCC(=O)N3c4ccccc4NC(=O)CC3C)s2)cc1. The number of thioether (sulfide) groups is 1. The topological polar surface area (TPSA) is 87.2 Å². The van der Waals surface area contributed by atoms with Crippen molar-refractivity contribution in [3.8, 4) is 0 Å². The molecule has 0 radical (unpaired) electrons. The van der Waals surface area contributed by atoms with E-state index in [0.29, 0.717) is 15.2 Å². The van der Waals surface area contributed by atoms with Crippen LogP contribution in [0.3, 0.4) is 0 Å². The van der Waals surface area contributed by atoms with Crippen LogP contribution in [0.5, 0.6) is 0 Å². The molecule has 4 rings (SSSR count). The van der Waals surface area contributed by atoms with Crippen molar-refractivity contribution in [1.82, 2.24) is 10.2 Å². The summed E-state index contributed by atoms with van der Waals surface area (Å²) in [6, 6.07) is 15.2. The fraction of sp³-hybridized carbons (Fsp3) is 0.238. The van der Waals surface area contributed by atoms with Crippen molar-refractivity contribution in [3.63, 3.8) is 0 Å². The van der Waals surface area contributed by atoms with Crippen LogP contribution in [0, 0.1) is 6.92 Å². The molecule has 2 heterocycles. The number of rotatable bonds is 5. The van der Waals surface area contributed by atoms with Crippen LogP contribution in [-0.2, 0) is 9.59 Å². The third kappa shape index (κ3) is 4.63. The molecule has 2 N–H and O–H groups in total. The van der Waals surface area contributed by atoms with E-state index in [2.05, 4.69) is 20.8 Å². The number of nitrogens with one attached hydrogen (secondary N) is 2. The molecule has 1 aromatic heterocycles. The summed E-state index contributed by atoms with van der Waals surface area (Å²) in [5, 5.41) is 15.1. The van der Waals surface area contributed by atoms with Gasteiger partial charge < -0.3 is 15.5 Å². The van der Waals surface area contributed by atoms with Crippen LogP contribution in [0.15, 0.2) is 52.9 Å². The van der Waals surface area contributed by atoms with Crippen LogP contribution in [0.1, 0.15) is 18.9 Å². The summed E-state index contributed by atoms with van der Waals surface area (Å²) in [5.74, 6) is 0.0556. The van der Waals surface area contributed by atoms with Crippen LogP contribution in [0.2, 0.25) is 0 Å². The number of fused-ring (bicyclic) bond motifs is 1. The second-order valence-electron chi connectivity index (χ2n) is 7.04. The molecular formula is C21H21N5O2S2. The molecule has 0 spiro atoms. The number of aryl methyl sites for hydroxylation is 1. The minimum absolute atomic E-state index is 0.0697. The lowest BCUT2D eigenvalue weighted by Gasteiger charge is -2.27. The molecule has 0 saturated heterocycles. The van der Waals surface area contributed by atoms with Gasteiger partial charge in [0.2, 0.25) is 16.9 Å². The molecule has 0 saturated carbocycles. The van der Waals surface area contributed by atoms with Crippen LogP contribution in [0.25, 0.3) is 0 Å². The number of anilines is 4. The maximum Gasteiger partial charge on any atom is 0.237 e. The number of carbonyl (C=O) groups excluding carboxylic acids is 2. The third-order valence-corrected chi connectivity index (χ3v) is 6.61. The Hall–Kier alpha value is -2.91. The lowest BCUT2D eigenvalue weighted by molar-refractivity contribution is -0.117. The number of para-hydroxylation sites is 2. The summed E-state index contributed by atoms with van der Waals surface area (Å²) in [7, 11) is 0. The molecule has 0 fully saturated rings. The molecule has 2 amide bonds. The molecule has 1 unspecified atom stereocenters. The van der Waals surface area contributed by atoms with Gasteiger partial charge in [0.25, 0.3) is 0 Å². The summed E-state index contributed by atoms with van der Waals surface area (Å²) < 4.78 is 0.711. The first kappa shape index (κ1) is 20.4. The minimum atomic E-state index is -0.227. The first-order chi connectivity index (χ1) is 14.5. The zero-order chi connectivity index (χ0) is 21.1. The van der Waals surface area contributed by atoms with Gasteiger partial charge in [-0.2, -0.15) is 0 Å². The maximum atomic E-state index is 13.0. The van der Waals surface area contributed by atoms with E-state index in [0.717, 1.165) is 11.4 Å². The van der Waals surface area contributed by atoms with Gasteiger partial charge in [-0.25, -0.2) is 0 Å². The monoisotopic (exact) mass is 439 g/mol.